The SMILES string of the molecule is CCC1(C)Cc2ccccc2-c2nc(SCC(=O)Nc3ccc(Cl)cc3)n(C)c(=O)c21. The number of halogens is 1. The molecule has 160 valence electrons. The van der Waals surface area contributed by atoms with Crippen LogP contribution in [0.25, 0.3) is 11.3 Å². The largest absolute Gasteiger partial charge is 0.325 e. The molecule has 5 nitrogen and oxygen atoms in total. The molecule has 1 N–H and O–H groups in total. The van der Waals surface area contributed by atoms with Crippen LogP contribution in [-0.4, -0.2) is 21.2 Å². The van der Waals surface area contributed by atoms with Crippen LogP contribution in [0, 0.1) is 0 Å². The molecule has 1 amide bonds. The van der Waals surface area contributed by atoms with Gasteiger partial charge in [0, 0.05) is 28.7 Å². The minimum atomic E-state index is -0.263. The summed E-state index contributed by atoms with van der Waals surface area (Å²) in [6, 6.07) is 15.1. The number of carbonyl (C=O) groups is 1. The summed E-state index contributed by atoms with van der Waals surface area (Å²) in [5.74, 6) is -0.0212. The minimum absolute atomic E-state index is 0.0375. The van der Waals surface area contributed by atoms with E-state index in [1.165, 1.54) is 17.3 Å². The molecule has 1 aliphatic rings. The molecule has 0 fully saturated rings. The van der Waals surface area contributed by atoms with E-state index in [4.69, 9.17) is 16.6 Å². The molecule has 0 spiro atoms. The van der Waals surface area contributed by atoms with Crippen LogP contribution in [0.5, 0.6) is 0 Å². The number of hydrogen-bond donors (Lipinski definition) is 1. The maximum absolute atomic E-state index is 13.4. The Hall–Kier alpha value is -2.57. The van der Waals surface area contributed by atoms with Crippen molar-refractivity contribution >= 4 is 35.0 Å². The van der Waals surface area contributed by atoms with Crippen LogP contribution in [0.2, 0.25) is 5.02 Å². The molecule has 1 heterocycles. The Morgan fingerprint density at radius 3 is 2.65 bits per heavy atom. The highest BCUT2D eigenvalue weighted by molar-refractivity contribution is 7.99. The molecular formula is C24H24ClN3O2S. The Balaban J connectivity index is 1.65. The smallest absolute Gasteiger partial charge is 0.258 e. The van der Waals surface area contributed by atoms with Gasteiger partial charge in [-0.15, -0.1) is 0 Å². The van der Waals surface area contributed by atoms with E-state index >= 15 is 0 Å². The van der Waals surface area contributed by atoms with Gasteiger partial charge in [0.2, 0.25) is 5.91 Å². The van der Waals surface area contributed by atoms with Crippen LogP contribution in [-0.2, 0) is 23.7 Å². The number of rotatable bonds is 5. The topological polar surface area (TPSA) is 64.0 Å². The second-order valence-electron chi connectivity index (χ2n) is 8.07. The summed E-state index contributed by atoms with van der Waals surface area (Å²) in [6.45, 7) is 4.25. The summed E-state index contributed by atoms with van der Waals surface area (Å²) in [5, 5.41) is 3.98. The van der Waals surface area contributed by atoms with Gasteiger partial charge in [-0.3, -0.25) is 14.2 Å². The first-order valence-electron chi connectivity index (χ1n) is 10.2. The van der Waals surface area contributed by atoms with Gasteiger partial charge in [-0.1, -0.05) is 61.5 Å². The number of nitrogens with one attached hydrogen (secondary N) is 1. The number of nitrogens with zero attached hydrogens (tertiary/aromatic N) is 2. The number of hydrogen-bond acceptors (Lipinski definition) is 4. The molecule has 1 aliphatic carbocycles. The molecule has 31 heavy (non-hydrogen) atoms. The zero-order valence-corrected chi connectivity index (χ0v) is 19.3. The zero-order chi connectivity index (χ0) is 22.2. The van der Waals surface area contributed by atoms with E-state index in [0.717, 1.165) is 29.7 Å². The first-order chi connectivity index (χ1) is 14.8. The van der Waals surface area contributed by atoms with Gasteiger partial charge >= 0.3 is 0 Å². The highest BCUT2D eigenvalue weighted by atomic mass is 35.5. The van der Waals surface area contributed by atoms with Crippen molar-refractivity contribution in [2.24, 2.45) is 7.05 Å². The number of amides is 1. The van der Waals surface area contributed by atoms with Crippen molar-refractivity contribution in [3.8, 4) is 11.3 Å². The Morgan fingerprint density at radius 1 is 1.23 bits per heavy atom. The molecule has 0 radical (unpaired) electrons. The van der Waals surface area contributed by atoms with Crippen LogP contribution in [0.3, 0.4) is 0 Å². The van der Waals surface area contributed by atoms with Crippen LogP contribution >= 0.6 is 23.4 Å². The predicted octanol–water partition coefficient (Wildman–Crippen LogP) is 5.06. The summed E-state index contributed by atoms with van der Waals surface area (Å²) in [5.41, 5.74) is 4.10. The molecule has 0 bridgehead atoms. The standard InChI is InChI=1S/C24H24ClN3O2S/c1-4-24(2)13-15-7-5-6-8-18(15)21-20(24)22(30)28(3)23(27-21)31-14-19(29)26-17-11-9-16(25)10-12-17/h5-12H,4,13-14H2,1-3H3,(H,26,29). The lowest BCUT2D eigenvalue weighted by Crippen LogP contribution is -2.39. The number of aromatic nitrogens is 2. The van der Waals surface area contributed by atoms with Gasteiger partial charge in [-0.25, -0.2) is 4.98 Å². The molecular weight excluding hydrogens is 430 g/mol. The Bertz CT molecular complexity index is 1210. The van der Waals surface area contributed by atoms with Crippen LogP contribution in [0.15, 0.2) is 58.5 Å². The van der Waals surface area contributed by atoms with Gasteiger partial charge in [0.25, 0.3) is 5.56 Å². The van der Waals surface area contributed by atoms with Gasteiger partial charge < -0.3 is 5.32 Å². The summed E-state index contributed by atoms with van der Waals surface area (Å²) in [6.07, 6.45) is 1.67. The highest BCUT2D eigenvalue weighted by Crippen LogP contribution is 2.42. The second-order valence-corrected chi connectivity index (χ2v) is 9.45. The second kappa shape index (κ2) is 8.52. The van der Waals surface area contributed by atoms with Crippen molar-refractivity contribution in [2.45, 2.75) is 37.3 Å². The number of benzene rings is 2. The fourth-order valence-corrected chi connectivity index (χ4v) is 4.92. The van der Waals surface area contributed by atoms with E-state index in [0.29, 0.717) is 15.9 Å². The van der Waals surface area contributed by atoms with Crippen molar-refractivity contribution in [3.05, 3.63) is 75.0 Å². The maximum Gasteiger partial charge on any atom is 0.258 e. The third-order valence-corrected chi connectivity index (χ3v) is 7.23. The van der Waals surface area contributed by atoms with E-state index < -0.39 is 0 Å². The molecule has 3 aromatic rings. The minimum Gasteiger partial charge on any atom is -0.325 e. The lowest BCUT2D eigenvalue weighted by Gasteiger charge is -2.35. The molecule has 1 atom stereocenters. The first-order valence-corrected chi connectivity index (χ1v) is 11.6. The number of thioether (sulfide) groups is 1. The fraction of sp³-hybridized carbons (Fsp3) is 0.292. The third kappa shape index (κ3) is 4.14. The normalized spacial score (nSPS) is 17.0. The molecule has 1 unspecified atom stereocenters. The van der Waals surface area contributed by atoms with Crippen molar-refractivity contribution in [2.75, 3.05) is 11.1 Å². The summed E-state index contributed by atoms with van der Waals surface area (Å²) < 4.78 is 1.57. The predicted molar refractivity (Wildman–Crippen MR) is 127 cm³/mol. The van der Waals surface area contributed by atoms with Crippen molar-refractivity contribution in [3.63, 3.8) is 0 Å². The van der Waals surface area contributed by atoms with Gasteiger partial charge in [0.05, 0.1) is 17.0 Å². The monoisotopic (exact) mass is 453 g/mol. The van der Waals surface area contributed by atoms with Crippen molar-refractivity contribution < 1.29 is 4.79 Å². The molecule has 0 aliphatic heterocycles. The van der Waals surface area contributed by atoms with E-state index in [2.05, 4.69) is 25.2 Å². The molecule has 0 saturated heterocycles. The van der Waals surface area contributed by atoms with Crippen LogP contribution in [0.1, 0.15) is 31.4 Å². The number of carbonyl (C=O) groups excluding carboxylic acids is 1. The van der Waals surface area contributed by atoms with Crippen LogP contribution in [0.4, 0.5) is 5.69 Å². The quantitative estimate of drug-likeness (QED) is 0.433. The first kappa shape index (κ1) is 21.7. The lowest BCUT2D eigenvalue weighted by atomic mass is 9.69. The van der Waals surface area contributed by atoms with Gasteiger partial charge in [0.1, 0.15) is 0 Å². The highest BCUT2D eigenvalue weighted by Gasteiger charge is 2.37. The van der Waals surface area contributed by atoms with Gasteiger partial charge in [-0.2, -0.15) is 0 Å². The fourth-order valence-electron chi connectivity index (χ4n) is 4.03. The molecule has 2 aromatic carbocycles. The Labute approximate surface area is 190 Å². The molecule has 7 heteroatoms. The number of fused-ring (bicyclic) bond motifs is 3. The van der Waals surface area contributed by atoms with Crippen LogP contribution < -0.4 is 10.9 Å². The Kier molecular flexibility index (Phi) is 5.95. The Morgan fingerprint density at radius 2 is 1.94 bits per heavy atom. The molecule has 0 saturated carbocycles. The average molecular weight is 454 g/mol. The van der Waals surface area contributed by atoms with Crippen molar-refractivity contribution in [1.82, 2.24) is 9.55 Å². The van der Waals surface area contributed by atoms with E-state index in [-0.39, 0.29) is 22.6 Å². The van der Waals surface area contributed by atoms with Crippen molar-refractivity contribution in [1.29, 1.82) is 0 Å². The number of anilines is 1. The van der Waals surface area contributed by atoms with E-state index in [1.807, 2.05) is 18.2 Å². The summed E-state index contributed by atoms with van der Waals surface area (Å²) >= 11 is 7.15. The molecule has 1 aromatic heterocycles. The van der Waals surface area contributed by atoms with Gasteiger partial charge in [-0.05, 0) is 42.7 Å². The van der Waals surface area contributed by atoms with E-state index in [9.17, 15) is 9.59 Å². The molecule has 4 rings (SSSR count). The maximum atomic E-state index is 13.4. The third-order valence-electron chi connectivity index (χ3n) is 5.95. The lowest BCUT2D eigenvalue weighted by molar-refractivity contribution is -0.113. The summed E-state index contributed by atoms with van der Waals surface area (Å²) in [4.78, 5) is 30.7. The van der Waals surface area contributed by atoms with Gasteiger partial charge in [0.15, 0.2) is 5.16 Å². The summed E-state index contributed by atoms with van der Waals surface area (Å²) in [7, 11) is 1.73. The average Bonchev–Trinajstić information content (AvgIpc) is 2.76. The van der Waals surface area contributed by atoms with E-state index in [1.54, 1.807) is 35.9 Å². The zero-order valence-electron chi connectivity index (χ0n) is 17.7.